The summed E-state index contributed by atoms with van der Waals surface area (Å²) < 4.78 is 6.13. The van der Waals surface area contributed by atoms with Crippen molar-refractivity contribution in [3.8, 4) is 0 Å². The molecule has 0 aliphatic heterocycles. The van der Waals surface area contributed by atoms with Crippen molar-refractivity contribution in [3.63, 3.8) is 0 Å². The number of hydrogen-bond donors (Lipinski definition) is 1. The fourth-order valence-corrected chi connectivity index (χ4v) is 3.02. The van der Waals surface area contributed by atoms with Gasteiger partial charge in [-0.15, -0.1) is 10.2 Å². The van der Waals surface area contributed by atoms with Gasteiger partial charge in [-0.2, -0.15) is 0 Å². The van der Waals surface area contributed by atoms with Gasteiger partial charge in [0.15, 0.2) is 8.68 Å². The van der Waals surface area contributed by atoms with E-state index in [2.05, 4.69) is 20.3 Å². The summed E-state index contributed by atoms with van der Waals surface area (Å²) >= 11 is 4.15. The molecule has 0 aromatic carbocycles. The van der Waals surface area contributed by atoms with Crippen LogP contribution in [0.15, 0.2) is 8.68 Å². The van der Waals surface area contributed by atoms with Gasteiger partial charge in [0.25, 0.3) is 0 Å². The lowest BCUT2D eigenvalue weighted by molar-refractivity contribution is -0.117. The van der Waals surface area contributed by atoms with Gasteiger partial charge in [-0.25, -0.2) is 4.79 Å². The summed E-state index contributed by atoms with van der Waals surface area (Å²) in [6.45, 7) is 1.91. The van der Waals surface area contributed by atoms with Crippen LogP contribution in [0.25, 0.3) is 0 Å². The minimum atomic E-state index is -0.722. The van der Waals surface area contributed by atoms with E-state index in [4.69, 9.17) is 0 Å². The first-order valence-electron chi connectivity index (χ1n) is 4.62. The van der Waals surface area contributed by atoms with Crippen molar-refractivity contribution in [2.75, 3.05) is 18.6 Å². The molecule has 1 aromatic heterocycles. The molecule has 0 aliphatic rings. The number of aromatic nitrogens is 2. The average molecular weight is 293 g/mol. The summed E-state index contributed by atoms with van der Waals surface area (Å²) in [7, 11) is 0. The monoisotopic (exact) mass is 293 g/mol. The minimum Gasteiger partial charge on any atom is -0.450 e. The van der Waals surface area contributed by atoms with Crippen LogP contribution in [0.4, 0.5) is 4.79 Å². The van der Waals surface area contributed by atoms with Gasteiger partial charge < -0.3 is 4.74 Å². The fourth-order valence-electron chi connectivity index (χ4n) is 0.782. The van der Waals surface area contributed by atoms with Gasteiger partial charge in [-0.3, -0.25) is 10.1 Å². The molecule has 0 saturated heterocycles. The zero-order valence-electron chi connectivity index (χ0n) is 9.26. The lowest BCUT2D eigenvalue weighted by atomic mass is 10.7. The third kappa shape index (κ3) is 5.37. The van der Waals surface area contributed by atoms with E-state index in [0.29, 0.717) is 4.34 Å². The molecule has 0 aliphatic carbocycles. The van der Waals surface area contributed by atoms with Crippen LogP contribution in [-0.2, 0) is 9.53 Å². The molecular formula is C8H11N3O3S3. The second kappa shape index (κ2) is 7.51. The van der Waals surface area contributed by atoms with Gasteiger partial charge in [0.05, 0.1) is 12.4 Å². The topological polar surface area (TPSA) is 81.2 Å². The summed E-state index contributed by atoms with van der Waals surface area (Å²) in [4.78, 5) is 22.2. The number of carbonyl (C=O) groups is 2. The Labute approximate surface area is 111 Å². The third-order valence-electron chi connectivity index (χ3n) is 1.41. The first kappa shape index (κ1) is 14.3. The molecule has 1 N–H and O–H groups in total. The minimum absolute atomic E-state index is 0.113. The Morgan fingerprint density at radius 3 is 2.71 bits per heavy atom. The summed E-state index contributed by atoms with van der Waals surface area (Å²) in [6.07, 6.45) is 1.18. The molecule has 94 valence electrons. The molecule has 9 heteroatoms. The lowest BCUT2D eigenvalue weighted by Gasteiger charge is -2.02. The van der Waals surface area contributed by atoms with Crippen molar-refractivity contribution < 1.29 is 14.3 Å². The number of ether oxygens (including phenoxy) is 1. The summed E-state index contributed by atoms with van der Waals surface area (Å²) in [5, 5.41) is 9.88. The van der Waals surface area contributed by atoms with E-state index >= 15 is 0 Å². The Morgan fingerprint density at radius 1 is 1.41 bits per heavy atom. The van der Waals surface area contributed by atoms with E-state index < -0.39 is 12.0 Å². The van der Waals surface area contributed by atoms with Gasteiger partial charge in [-0.05, 0) is 13.2 Å². The second-order valence-corrected chi connectivity index (χ2v) is 5.85. The standard InChI is InChI=1S/C8H11N3O3S3/c1-3-14-6(13)9-5(12)4-16-8-11-10-7(15-2)17-8/h3-4H2,1-2H3,(H,9,12,13). The zero-order chi connectivity index (χ0) is 12.7. The normalized spacial score (nSPS) is 10.0. The maximum absolute atomic E-state index is 11.3. The van der Waals surface area contributed by atoms with Crippen LogP contribution in [0, 0.1) is 0 Å². The van der Waals surface area contributed by atoms with E-state index in [9.17, 15) is 9.59 Å². The van der Waals surface area contributed by atoms with Crippen molar-refractivity contribution in [2.24, 2.45) is 0 Å². The molecule has 0 unspecified atom stereocenters. The number of nitrogens with zero attached hydrogens (tertiary/aromatic N) is 2. The van der Waals surface area contributed by atoms with E-state index in [1.54, 1.807) is 6.92 Å². The predicted molar refractivity (Wildman–Crippen MR) is 67.6 cm³/mol. The summed E-state index contributed by atoms with van der Waals surface area (Å²) in [5.41, 5.74) is 0. The van der Waals surface area contributed by atoms with Crippen molar-refractivity contribution in [3.05, 3.63) is 0 Å². The molecule has 17 heavy (non-hydrogen) atoms. The van der Waals surface area contributed by atoms with Crippen LogP contribution < -0.4 is 5.32 Å². The molecule has 0 spiro atoms. The number of hydrogen-bond acceptors (Lipinski definition) is 8. The highest BCUT2D eigenvalue weighted by Gasteiger charge is 2.10. The Morgan fingerprint density at radius 2 is 2.12 bits per heavy atom. The number of carbonyl (C=O) groups excluding carboxylic acids is 2. The maximum Gasteiger partial charge on any atom is 0.413 e. The number of thioether (sulfide) groups is 2. The molecule has 1 heterocycles. The molecular weight excluding hydrogens is 282 g/mol. The van der Waals surface area contributed by atoms with Crippen LogP contribution in [0.3, 0.4) is 0 Å². The highest BCUT2D eigenvalue weighted by Crippen LogP contribution is 2.26. The Bertz CT molecular complexity index is 396. The molecule has 0 radical (unpaired) electrons. The number of amides is 2. The van der Waals surface area contributed by atoms with Crippen LogP contribution in [0.1, 0.15) is 6.92 Å². The largest absolute Gasteiger partial charge is 0.450 e. The van der Waals surface area contributed by atoms with E-state index in [1.807, 2.05) is 6.26 Å². The first-order valence-corrected chi connectivity index (χ1v) is 7.65. The molecule has 1 rings (SSSR count). The molecule has 1 aromatic rings. The van der Waals surface area contributed by atoms with Gasteiger partial charge in [0.2, 0.25) is 5.91 Å². The van der Waals surface area contributed by atoms with Crippen molar-refractivity contribution in [2.45, 2.75) is 15.6 Å². The number of rotatable bonds is 5. The van der Waals surface area contributed by atoms with Gasteiger partial charge in [0.1, 0.15) is 0 Å². The fraction of sp³-hybridized carbons (Fsp3) is 0.500. The molecule has 0 atom stereocenters. The van der Waals surface area contributed by atoms with Gasteiger partial charge in [0, 0.05) is 0 Å². The third-order valence-corrected chi connectivity index (χ3v) is 4.44. The van der Waals surface area contributed by atoms with Crippen molar-refractivity contribution in [1.82, 2.24) is 15.5 Å². The zero-order valence-corrected chi connectivity index (χ0v) is 11.7. The summed E-state index contributed by atoms with van der Waals surface area (Å²) in [6, 6.07) is 0. The van der Waals surface area contributed by atoms with Crippen LogP contribution in [0.2, 0.25) is 0 Å². The van der Waals surface area contributed by atoms with Crippen LogP contribution in [0.5, 0.6) is 0 Å². The number of alkyl carbamates (subject to hydrolysis) is 1. The van der Waals surface area contributed by atoms with Crippen LogP contribution >= 0.6 is 34.9 Å². The second-order valence-electron chi connectivity index (χ2n) is 2.60. The van der Waals surface area contributed by atoms with Gasteiger partial charge >= 0.3 is 6.09 Å². The van der Waals surface area contributed by atoms with E-state index in [1.165, 1.54) is 34.9 Å². The SMILES string of the molecule is CCOC(=O)NC(=O)CSc1nnc(SC)s1. The lowest BCUT2D eigenvalue weighted by Crippen LogP contribution is -2.32. The molecule has 0 bridgehead atoms. The van der Waals surface area contributed by atoms with Crippen molar-refractivity contribution in [1.29, 1.82) is 0 Å². The quantitative estimate of drug-likeness (QED) is 0.826. The molecule has 0 fully saturated rings. The molecule has 0 saturated carbocycles. The Hall–Kier alpha value is -0.800. The predicted octanol–water partition coefficient (Wildman–Crippen LogP) is 1.62. The molecule has 6 nitrogen and oxygen atoms in total. The van der Waals surface area contributed by atoms with Crippen LogP contribution in [-0.4, -0.2) is 40.8 Å². The first-order chi connectivity index (χ1) is 8.15. The number of nitrogens with one attached hydrogen (secondary N) is 1. The Balaban J connectivity index is 2.30. The maximum atomic E-state index is 11.3. The average Bonchev–Trinajstić information content (AvgIpc) is 2.74. The highest BCUT2D eigenvalue weighted by molar-refractivity contribution is 8.03. The number of imide groups is 1. The Kier molecular flexibility index (Phi) is 6.30. The van der Waals surface area contributed by atoms with Gasteiger partial charge in [-0.1, -0.05) is 34.9 Å². The molecule has 2 amide bonds. The van der Waals surface area contributed by atoms with E-state index in [-0.39, 0.29) is 12.4 Å². The summed E-state index contributed by atoms with van der Waals surface area (Å²) in [5.74, 6) is -0.295. The smallest absolute Gasteiger partial charge is 0.413 e. The highest BCUT2D eigenvalue weighted by atomic mass is 32.2. The van der Waals surface area contributed by atoms with Crippen molar-refractivity contribution >= 4 is 46.9 Å². The van der Waals surface area contributed by atoms with E-state index in [0.717, 1.165) is 4.34 Å².